The number of rotatable bonds is 9. The van der Waals surface area contributed by atoms with Gasteiger partial charge in [0, 0.05) is 13.1 Å². The van der Waals surface area contributed by atoms with E-state index in [4.69, 9.17) is 0 Å². The number of amides is 1. The van der Waals surface area contributed by atoms with E-state index in [1.54, 1.807) is 0 Å². The van der Waals surface area contributed by atoms with E-state index < -0.39 is 13.7 Å². The highest BCUT2D eigenvalue weighted by molar-refractivity contribution is 7.53. The van der Waals surface area contributed by atoms with Crippen LogP contribution in [-0.2, 0) is 22.4 Å². The van der Waals surface area contributed by atoms with Crippen molar-refractivity contribution in [1.82, 2.24) is 15.5 Å². The van der Waals surface area contributed by atoms with Crippen LogP contribution in [0.15, 0.2) is 60.7 Å². The summed E-state index contributed by atoms with van der Waals surface area (Å²) in [4.78, 5) is 22.7. The first kappa shape index (κ1) is 20.3. The highest BCUT2D eigenvalue weighted by Crippen LogP contribution is 2.32. The van der Waals surface area contributed by atoms with Gasteiger partial charge in [-0.2, -0.15) is 0 Å². The third kappa shape index (κ3) is 6.73. The fraction of sp³-hybridized carbons (Fsp3) is 0.316. The van der Waals surface area contributed by atoms with Crippen LogP contribution in [0.3, 0.4) is 0 Å². The fourth-order valence-corrected chi connectivity index (χ4v) is 3.71. The molecule has 0 bridgehead atoms. The molecule has 0 aliphatic carbocycles. The predicted octanol–water partition coefficient (Wildman–Crippen LogP) is 2.81. The van der Waals surface area contributed by atoms with E-state index in [1.807, 2.05) is 74.5 Å². The Morgan fingerprint density at radius 3 is 1.96 bits per heavy atom. The molecule has 140 valence electrons. The van der Waals surface area contributed by atoms with Crippen molar-refractivity contribution in [2.75, 3.05) is 0 Å². The zero-order valence-electron chi connectivity index (χ0n) is 15.1. The number of hydrogen-bond acceptors (Lipinski definition) is 2. The van der Waals surface area contributed by atoms with E-state index >= 15 is 0 Å². The van der Waals surface area contributed by atoms with Crippen molar-refractivity contribution in [3.8, 4) is 0 Å². The highest BCUT2D eigenvalue weighted by atomic mass is 31.2. The van der Waals surface area contributed by atoms with Crippen LogP contribution < -0.4 is 15.5 Å². The molecule has 1 amide bonds. The van der Waals surface area contributed by atoms with Gasteiger partial charge >= 0.3 is 7.67 Å². The van der Waals surface area contributed by atoms with Crippen LogP contribution in [0.2, 0.25) is 0 Å². The number of carbonyl (C=O) groups is 1. The largest absolute Gasteiger partial charge is 0.351 e. The first-order valence-electron chi connectivity index (χ1n) is 8.58. The van der Waals surface area contributed by atoms with Gasteiger partial charge in [-0.15, -0.1) is 0 Å². The standard InChI is InChI=1S/C19H26N3O3P/c1-15(2)18(19(23)20-13-16-9-5-3-6-10-16)22-26(24,25)21-14-17-11-7-4-8-12-17/h3-12,15,18H,13-14H2,1-2H3,(H,20,23)(H3,21,22,24,25)/t18-/m0/s1. The Kier molecular flexibility index (Phi) is 7.54. The summed E-state index contributed by atoms with van der Waals surface area (Å²) in [6.07, 6.45) is 0. The summed E-state index contributed by atoms with van der Waals surface area (Å²) in [6, 6.07) is 18.1. The molecule has 0 aromatic heterocycles. The summed E-state index contributed by atoms with van der Waals surface area (Å²) >= 11 is 0. The molecule has 26 heavy (non-hydrogen) atoms. The third-order valence-electron chi connectivity index (χ3n) is 3.91. The lowest BCUT2D eigenvalue weighted by atomic mass is 10.0. The quantitative estimate of drug-likeness (QED) is 0.506. The van der Waals surface area contributed by atoms with E-state index in [-0.39, 0.29) is 18.4 Å². The van der Waals surface area contributed by atoms with Crippen LogP contribution in [0.1, 0.15) is 25.0 Å². The van der Waals surface area contributed by atoms with Gasteiger partial charge in [-0.05, 0) is 17.0 Å². The summed E-state index contributed by atoms with van der Waals surface area (Å²) in [6.45, 7) is 4.27. The summed E-state index contributed by atoms with van der Waals surface area (Å²) in [5.74, 6) is -0.454. The molecule has 0 saturated heterocycles. The molecule has 0 aliphatic rings. The van der Waals surface area contributed by atoms with Gasteiger partial charge in [-0.25, -0.2) is 10.2 Å². The zero-order chi connectivity index (χ0) is 19.0. The Morgan fingerprint density at radius 1 is 0.962 bits per heavy atom. The normalized spacial score (nSPS) is 14.6. The van der Waals surface area contributed by atoms with Crippen LogP contribution in [0.4, 0.5) is 0 Å². The van der Waals surface area contributed by atoms with Crippen LogP contribution in [0.5, 0.6) is 0 Å². The van der Waals surface area contributed by atoms with Crippen LogP contribution in [0.25, 0.3) is 0 Å². The molecule has 6 nitrogen and oxygen atoms in total. The van der Waals surface area contributed by atoms with Crippen molar-refractivity contribution in [3.05, 3.63) is 71.8 Å². The lowest BCUT2D eigenvalue weighted by Crippen LogP contribution is -2.47. The Morgan fingerprint density at radius 2 is 1.46 bits per heavy atom. The van der Waals surface area contributed by atoms with Gasteiger partial charge < -0.3 is 10.2 Å². The topological polar surface area (TPSA) is 90.5 Å². The summed E-state index contributed by atoms with van der Waals surface area (Å²) in [7, 11) is -3.88. The highest BCUT2D eigenvalue weighted by Gasteiger charge is 2.29. The molecule has 0 radical (unpaired) electrons. The summed E-state index contributed by atoms with van der Waals surface area (Å²) < 4.78 is 12.4. The molecule has 2 atom stereocenters. The molecule has 2 aromatic carbocycles. The van der Waals surface area contributed by atoms with Crippen molar-refractivity contribution < 1.29 is 14.3 Å². The molecule has 0 spiro atoms. The van der Waals surface area contributed by atoms with Gasteiger partial charge in [-0.3, -0.25) is 9.36 Å². The number of nitrogens with one attached hydrogen (secondary N) is 3. The van der Waals surface area contributed by atoms with Gasteiger partial charge in [0.2, 0.25) is 5.91 Å². The minimum atomic E-state index is -3.88. The minimum absolute atomic E-state index is 0.148. The smallest absolute Gasteiger partial charge is 0.339 e. The lowest BCUT2D eigenvalue weighted by molar-refractivity contribution is -0.123. The Hall–Kier alpha value is -1.98. The van der Waals surface area contributed by atoms with Gasteiger partial charge in [0.25, 0.3) is 0 Å². The van der Waals surface area contributed by atoms with E-state index in [0.717, 1.165) is 11.1 Å². The second-order valence-corrected chi connectivity index (χ2v) is 8.18. The fourth-order valence-electron chi connectivity index (χ4n) is 2.43. The van der Waals surface area contributed by atoms with Crippen molar-refractivity contribution in [3.63, 3.8) is 0 Å². The molecule has 0 aliphatic heterocycles. The van der Waals surface area contributed by atoms with Crippen molar-refractivity contribution >= 4 is 13.6 Å². The summed E-state index contributed by atoms with van der Waals surface area (Å²) in [5, 5.41) is 8.01. The molecule has 2 aromatic rings. The Bertz CT molecular complexity index is 738. The third-order valence-corrected chi connectivity index (χ3v) is 5.13. The molecule has 7 heteroatoms. The predicted molar refractivity (Wildman–Crippen MR) is 103 cm³/mol. The number of benzene rings is 2. The van der Waals surface area contributed by atoms with Gasteiger partial charge in [0.1, 0.15) is 0 Å². The lowest BCUT2D eigenvalue weighted by Gasteiger charge is -2.25. The van der Waals surface area contributed by atoms with Gasteiger partial charge in [0.05, 0.1) is 6.04 Å². The molecule has 0 fully saturated rings. The minimum Gasteiger partial charge on any atom is -0.351 e. The van der Waals surface area contributed by atoms with Crippen molar-refractivity contribution in [2.24, 2.45) is 5.92 Å². The van der Waals surface area contributed by atoms with Crippen molar-refractivity contribution in [1.29, 1.82) is 0 Å². The molecule has 4 N–H and O–H groups in total. The molecule has 2 rings (SSSR count). The van der Waals surface area contributed by atoms with Crippen LogP contribution in [-0.4, -0.2) is 16.8 Å². The maximum Gasteiger partial charge on any atom is 0.339 e. The van der Waals surface area contributed by atoms with Crippen molar-refractivity contribution in [2.45, 2.75) is 33.0 Å². The molecule has 0 heterocycles. The van der Waals surface area contributed by atoms with Crippen LogP contribution in [0, 0.1) is 5.92 Å². The Balaban J connectivity index is 1.92. The van der Waals surface area contributed by atoms with Gasteiger partial charge in [-0.1, -0.05) is 74.5 Å². The zero-order valence-corrected chi connectivity index (χ0v) is 15.9. The molecule has 1 unspecified atom stereocenters. The van der Waals surface area contributed by atoms with Crippen LogP contribution >= 0.6 is 7.67 Å². The Labute approximate surface area is 154 Å². The number of hydrogen-bond donors (Lipinski definition) is 4. The molecular weight excluding hydrogens is 349 g/mol. The van der Waals surface area contributed by atoms with Gasteiger partial charge in [0.15, 0.2) is 0 Å². The van der Waals surface area contributed by atoms with E-state index in [2.05, 4.69) is 15.5 Å². The number of carbonyl (C=O) groups excluding carboxylic acids is 1. The monoisotopic (exact) mass is 375 g/mol. The average Bonchev–Trinajstić information content (AvgIpc) is 2.64. The molecule has 0 saturated carbocycles. The first-order valence-corrected chi connectivity index (χ1v) is 10.2. The second-order valence-electron chi connectivity index (χ2n) is 6.45. The summed E-state index contributed by atoms with van der Waals surface area (Å²) in [5.41, 5.74) is 1.86. The first-order chi connectivity index (χ1) is 12.4. The van der Waals surface area contributed by atoms with E-state index in [1.165, 1.54) is 0 Å². The average molecular weight is 375 g/mol. The maximum absolute atomic E-state index is 12.5. The maximum atomic E-state index is 12.5. The second kappa shape index (κ2) is 9.64. The molecular formula is C19H26N3O3P. The van der Waals surface area contributed by atoms with E-state index in [9.17, 15) is 14.3 Å². The SMILES string of the molecule is CC(C)[C@H](NP(=O)(O)NCc1ccccc1)C(=O)NCc1ccccc1. The van der Waals surface area contributed by atoms with E-state index in [0.29, 0.717) is 6.54 Å².